The summed E-state index contributed by atoms with van der Waals surface area (Å²) < 4.78 is 14.6. The SMILES string of the molecule is COc1ccc(-c2nn(-c3ccccc3)cc2/C=C/C(=O)NCCCn2ccnc2)cc1OC. The molecule has 174 valence electrons. The van der Waals surface area contributed by atoms with Crippen molar-refractivity contribution in [1.82, 2.24) is 24.6 Å². The van der Waals surface area contributed by atoms with E-state index in [1.807, 2.05) is 65.5 Å². The second kappa shape index (κ2) is 11.0. The van der Waals surface area contributed by atoms with Gasteiger partial charge in [-0.15, -0.1) is 0 Å². The Balaban J connectivity index is 1.54. The average molecular weight is 458 g/mol. The van der Waals surface area contributed by atoms with E-state index in [0.717, 1.165) is 35.5 Å². The van der Waals surface area contributed by atoms with E-state index in [1.54, 1.807) is 37.5 Å². The Morgan fingerprint density at radius 3 is 2.65 bits per heavy atom. The van der Waals surface area contributed by atoms with Gasteiger partial charge in [-0.05, 0) is 42.8 Å². The first-order chi connectivity index (χ1) is 16.7. The molecule has 8 nitrogen and oxygen atoms in total. The van der Waals surface area contributed by atoms with Crippen molar-refractivity contribution in [3.8, 4) is 28.4 Å². The van der Waals surface area contributed by atoms with Gasteiger partial charge in [-0.25, -0.2) is 9.67 Å². The van der Waals surface area contributed by atoms with Gasteiger partial charge in [0, 0.05) is 48.9 Å². The predicted octanol–water partition coefficient (Wildman–Crippen LogP) is 3.97. The molecule has 0 unspecified atom stereocenters. The number of rotatable bonds is 10. The summed E-state index contributed by atoms with van der Waals surface area (Å²) in [6.07, 6.45) is 11.5. The zero-order valence-corrected chi connectivity index (χ0v) is 19.2. The maximum absolute atomic E-state index is 12.4. The quantitative estimate of drug-likeness (QED) is 0.288. The van der Waals surface area contributed by atoms with Crippen molar-refractivity contribution in [3.05, 3.63) is 85.1 Å². The third-order valence-corrected chi connectivity index (χ3v) is 5.29. The van der Waals surface area contributed by atoms with E-state index in [-0.39, 0.29) is 5.91 Å². The van der Waals surface area contributed by atoms with Crippen LogP contribution in [0.5, 0.6) is 11.5 Å². The smallest absolute Gasteiger partial charge is 0.244 e. The molecule has 0 aliphatic carbocycles. The lowest BCUT2D eigenvalue weighted by Crippen LogP contribution is -2.22. The molecular weight excluding hydrogens is 430 g/mol. The van der Waals surface area contributed by atoms with Gasteiger partial charge in [-0.3, -0.25) is 4.79 Å². The molecule has 34 heavy (non-hydrogen) atoms. The number of benzene rings is 2. The molecule has 0 fully saturated rings. The number of methoxy groups -OCH3 is 2. The molecule has 2 heterocycles. The number of aromatic nitrogens is 4. The monoisotopic (exact) mass is 457 g/mol. The lowest BCUT2D eigenvalue weighted by atomic mass is 10.1. The summed E-state index contributed by atoms with van der Waals surface area (Å²) in [5.41, 5.74) is 3.32. The van der Waals surface area contributed by atoms with Crippen LogP contribution >= 0.6 is 0 Å². The standard InChI is InChI=1S/C26H27N5O3/c1-33-23-11-9-20(17-24(23)34-2)26-21(18-31(29-26)22-7-4-3-5-8-22)10-12-25(32)28-13-6-15-30-16-14-27-19-30/h3-5,7-12,14,16-19H,6,13,15H2,1-2H3,(H,28,32)/b12-10+. The minimum Gasteiger partial charge on any atom is -0.493 e. The number of nitrogens with zero attached hydrogens (tertiary/aromatic N) is 4. The highest BCUT2D eigenvalue weighted by Crippen LogP contribution is 2.33. The molecule has 0 radical (unpaired) electrons. The molecule has 0 atom stereocenters. The number of imidazole rings is 1. The molecule has 2 aromatic carbocycles. The Bertz CT molecular complexity index is 1250. The van der Waals surface area contributed by atoms with E-state index in [2.05, 4.69) is 10.3 Å². The van der Waals surface area contributed by atoms with Gasteiger partial charge in [0.1, 0.15) is 5.69 Å². The van der Waals surface area contributed by atoms with Gasteiger partial charge in [0.25, 0.3) is 0 Å². The summed E-state index contributed by atoms with van der Waals surface area (Å²) in [4.78, 5) is 16.4. The Labute approximate surface area is 198 Å². The van der Waals surface area contributed by atoms with Gasteiger partial charge in [0.05, 0.1) is 26.2 Å². The molecule has 0 spiro atoms. The number of para-hydroxylation sites is 1. The lowest BCUT2D eigenvalue weighted by Gasteiger charge is -2.09. The van der Waals surface area contributed by atoms with Crippen LogP contribution in [-0.4, -0.2) is 46.0 Å². The molecule has 4 rings (SSSR count). The number of amides is 1. The fourth-order valence-corrected chi connectivity index (χ4v) is 3.55. The van der Waals surface area contributed by atoms with Crippen molar-refractivity contribution < 1.29 is 14.3 Å². The molecule has 8 heteroatoms. The number of aryl methyl sites for hydroxylation is 1. The van der Waals surface area contributed by atoms with Crippen molar-refractivity contribution in [2.24, 2.45) is 0 Å². The highest BCUT2D eigenvalue weighted by molar-refractivity contribution is 5.92. The summed E-state index contributed by atoms with van der Waals surface area (Å²) in [6, 6.07) is 15.5. The van der Waals surface area contributed by atoms with Gasteiger partial charge >= 0.3 is 0 Å². The molecule has 4 aromatic rings. The Morgan fingerprint density at radius 2 is 1.91 bits per heavy atom. The fraction of sp³-hybridized carbons (Fsp3) is 0.192. The molecule has 0 saturated heterocycles. The summed E-state index contributed by atoms with van der Waals surface area (Å²) in [5, 5.41) is 7.72. The first-order valence-electron chi connectivity index (χ1n) is 11.0. The highest BCUT2D eigenvalue weighted by atomic mass is 16.5. The van der Waals surface area contributed by atoms with Crippen LogP contribution in [0, 0.1) is 0 Å². The first kappa shape index (κ1) is 22.8. The van der Waals surface area contributed by atoms with Gasteiger partial charge in [0.2, 0.25) is 5.91 Å². The van der Waals surface area contributed by atoms with Crippen molar-refractivity contribution in [2.75, 3.05) is 20.8 Å². The predicted molar refractivity (Wildman–Crippen MR) is 131 cm³/mol. The van der Waals surface area contributed by atoms with E-state index >= 15 is 0 Å². The molecule has 1 amide bonds. The maximum atomic E-state index is 12.4. The minimum absolute atomic E-state index is 0.156. The van der Waals surface area contributed by atoms with E-state index in [0.29, 0.717) is 18.0 Å². The van der Waals surface area contributed by atoms with E-state index in [4.69, 9.17) is 14.6 Å². The molecule has 0 bridgehead atoms. The van der Waals surface area contributed by atoms with Crippen molar-refractivity contribution in [3.63, 3.8) is 0 Å². The second-order valence-electron chi connectivity index (χ2n) is 7.56. The van der Waals surface area contributed by atoms with Crippen LogP contribution in [0.1, 0.15) is 12.0 Å². The van der Waals surface area contributed by atoms with Gasteiger partial charge in [-0.2, -0.15) is 5.10 Å². The van der Waals surface area contributed by atoms with E-state index < -0.39 is 0 Å². The van der Waals surface area contributed by atoms with Crippen LogP contribution in [0.3, 0.4) is 0 Å². The van der Waals surface area contributed by atoms with Crippen LogP contribution < -0.4 is 14.8 Å². The number of nitrogens with one attached hydrogen (secondary N) is 1. The molecule has 0 aliphatic heterocycles. The molecular formula is C26H27N5O3. The number of carbonyl (C=O) groups excluding carboxylic acids is 1. The minimum atomic E-state index is -0.156. The third kappa shape index (κ3) is 5.53. The molecule has 2 aromatic heterocycles. The van der Waals surface area contributed by atoms with Crippen molar-refractivity contribution in [1.29, 1.82) is 0 Å². The van der Waals surface area contributed by atoms with Crippen LogP contribution in [0.25, 0.3) is 23.0 Å². The van der Waals surface area contributed by atoms with E-state index in [1.165, 1.54) is 6.08 Å². The Morgan fingerprint density at radius 1 is 1.09 bits per heavy atom. The normalized spacial score (nSPS) is 11.0. The van der Waals surface area contributed by atoms with Crippen LogP contribution in [0.2, 0.25) is 0 Å². The molecule has 1 N–H and O–H groups in total. The van der Waals surface area contributed by atoms with Crippen molar-refractivity contribution in [2.45, 2.75) is 13.0 Å². The van der Waals surface area contributed by atoms with E-state index in [9.17, 15) is 4.79 Å². The Hall–Kier alpha value is -4.33. The second-order valence-corrected chi connectivity index (χ2v) is 7.56. The summed E-state index contributed by atoms with van der Waals surface area (Å²) in [7, 11) is 3.20. The third-order valence-electron chi connectivity index (χ3n) is 5.29. The van der Waals surface area contributed by atoms with Crippen LogP contribution in [0.15, 0.2) is 79.5 Å². The maximum Gasteiger partial charge on any atom is 0.244 e. The fourth-order valence-electron chi connectivity index (χ4n) is 3.55. The summed E-state index contributed by atoms with van der Waals surface area (Å²) >= 11 is 0. The number of ether oxygens (including phenoxy) is 2. The summed E-state index contributed by atoms with van der Waals surface area (Å²) in [6.45, 7) is 1.38. The van der Waals surface area contributed by atoms with Crippen molar-refractivity contribution >= 4 is 12.0 Å². The average Bonchev–Trinajstić information content (AvgIpc) is 3.56. The van der Waals surface area contributed by atoms with Gasteiger partial charge < -0.3 is 19.4 Å². The van der Waals surface area contributed by atoms with Gasteiger partial charge in [-0.1, -0.05) is 18.2 Å². The summed E-state index contributed by atoms with van der Waals surface area (Å²) in [5.74, 6) is 1.09. The highest BCUT2D eigenvalue weighted by Gasteiger charge is 2.14. The number of hydrogen-bond donors (Lipinski definition) is 1. The first-order valence-corrected chi connectivity index (χ1v) is 11.0. The zero-order chi connectivity index (χ0) is 23.8. The molecule has 0 saturated carbocycles. The number of carbonyl (C=O) groups is 1. The zero-order valence-electron chi connectivity index (χ0n) is 19.2. The van der Waals surface area contributed by atoms with Crippen LogP contribution in [0.4, 0.5) is 0 Å². The Kier molecular flexibility index (Phi) is 7.39. The molecule has 0 aliphatic rings. The van der Waals surface area contributed by atoms with Crippen LogP contribution in [-0.2, 0) is 11.3 Å². The van der Waals surface area contributed by atoms with Gasteiger partial charge in [0.15, 0.2) is 11.5 Å². The lowest BCUT2D eigenvalue weighted by molar-refractivity contribution is -0.116. The number of hydrogen-bond acceptors (Lipinski definition) is 5. The topological polar surface area (TPSA) is 83.2 Å². The largest absolute Gasteiger partial charge is 0.493 e.